The Kier molecular flexibility index (Phi) is 50.7. The summed E-state index contributed by atoms with van der Waals surface area (Å²) in [5.41, 5.74) is 0. The average molecular weight is 1000 g/mol. The van der Waals surface area contributed by atoms with Crippen molar-refractivity contribution in [2.75, 3.05) is 40.9 Å². The molecule has 70 heavy (non-hydrogen) atoms. The van der Waals surface area contributed by atoms with Crippen molar-refractivity contribution in [3.63, 3.8) is 0 Å². The molecule has 3 unspecified atom stereocenters. The average Bonchev–Trinajstić information content (AvgIpc) is 3.32. The van der Waals surface area contributed by atoms with E-state index in [9.17, 15) is 19.4 Å². The summed E-state index contributed by atoms with van der Waals surface area (Å²) in [7, 11) is 1.62. The summed E-state index contributed by atoms with van der Waals surface area (Å²) in [4.78, 5) is 23.3. The number of aliphatic hydroxyl groups is 1. The van der Waals surface area contributed by atoms with Crippen molar-refractivity contribution in [1.82, 2.24) is 5.32 Å². The Morgan fingerprint density at radius 3 is 1.26 bits per heavy atom. The zero-order chi connectivity index (χ0) is 51.3. The number of unbranched alkanes of at least 4 members (excludes halogenated alkanes) is 31. The second-order valence-corrected chi connectivity index (χ2v) is 22.8. The minimum atomic E-state index is -4.32. The van der Waals surface area contributed by atoms with Crippen LogP contribution in [0.4, 0.5) is 0 Å². The molecular weight excluding hydrogens is 888 g/mol. The predicted molar refractivity (Wildman–Crippen MR) is 304 cm³/mol. The van der Waals surface area contributed by atoms with Gasteiger partial charge in [-0.1, -0.05) is 267 Å². The SMILES string of the molecule is CC/C=C\C/C=C\C/C=C\C/C=C\C/C=C\CCCCCCCCCCCCCCCCCCCCCCCC(=O)NC(COP(=O)(O)OCC[N+](C)(C)C)C(O)CCCCCCCCCCCCC. The van der Waals surface area contributed by atoms with Gasteiger partial charge in [-0.3, -0.25) is 13.8 Å². The lowest BCUT2D eigenvalue weighted by Gasteiger charge is -2.26. The number of carbonyl (C=O) groups is 1. The van der Waals surface area contributed by atoms with Gasteiger partial charge in [-0.05, 0) is 57.8 Å². The monoisotopic (exact) mass is 1000 g/mol. The lowest BCUT2D eigenvalue weighted by Crippen LogP contribution is -2.46. The third-order valence-corrected chi connectivity index (χ3v) is 14.3. The first kappa shape index (κ1) is 68.2. The quantitative estimate of drug-likeness (QED) is 0.0243. The number of hydrogen-bond donors (Lipinski definition) is 3. The van der Waals surface area contributed by atoms with E-state index in [1.54, 1.807) is 0 Å². The molecule has 0 bridgehead atoms. The fourth-order valence-corrected chi connectivity index (χ4v) is 9.40. The molecule has 0 spiro atoms. The molecule has 0 aliphatic carbocycles. The van der Waals surface area contributed by atoms with Crippen LogP contribution in [0.1, 0.15) is 271 Å². The number of nitrogens with zero attached hydrogens (tertiary/aromatic N) is 1. The molecule has 410 valence electrons. The number of phosphoric acid groups is 1. The number of likely N-dealkylation sites (N-methyl/N-ethyl adjacent to an activating group) is 1. The highest BCUT2D eigenvalue weighted by molar-refractivity contribution is 7.47. The molecule has 1 amide bonds. The summed E-state index contributed by atoms with van der Waals surface area (Å²) in [5.74, 6) is -0.143. The van der Waals surface area contributed by atoms with Crippen molar-refractivity contribution in [3.05, 3.63) is 60.8 Å². The number of allylic oxidation sites excluding steroid dienone is 10. The van der Waals surface area contributed by atoms with Gasteiger partial charge in [0.1, 0.15) is 13.2 Å². The highest BCUT2D eigenvalue weighted by Crippen LogP contribution is 2.43. The number of nitrogens with one attached hydrogen (secondary N) is 1. The number of hydrogen-bond acceptors (Lipinski definition) is 5. The minimum absolute atomic E-state index is 0.0752. The molecule has 0 radical (unpaired) electrons. The van der Waals surface area contributed by atoms with Gasteiger partial charge in [-0.25, -0.2) is 4.57 Å². The highest BCUT2D eigenvalue weighted by Gasteiger charge is 2.28. The van der Waals surface area contributed by atoms with E-state index in [-0.39, 0.29) is 19.1 Å². The van der Waals surface area contributed by atoms with Gasteiger partial charge in [-0.2, -0.15) is 0 Å². The van der Waals surface area contributed by atoms with Crippen molar-refractivity contribution >= 4 is 13.7 Å². The summed E-state index contributed by atoms with van der Waals surface area (Å²) in [6, 6.07) is -0.758. The topological polar surface area (TPSA) is 105 Å². The zero-order valence-corrected chi connectivity index (χ0v) is 47.7. The molecule has 0 rings (SSSR count). The number of rotatable bonds is 54. The van der Waals surface area contributed by atoms with Gasteiger partial charge in [0.15, 0.2) is 0 Å². The first-order chi connectivity index (χ1) is 34.0. The molecule has 0 aromatic heterocycles. The number of aliphatic hydroxyl groups excluding tert-OH is 1. The third-order valence-electron chi connectivity index (χ3n) is 13.3. The van der Waals surface area contributed by atoms with Crippen molar-refractivity contribution in [3.8, 4) is 0 Å². The van der Waals surface area contributed by atoms with Gasteiger partial charge in [-0.15, -0.1) is 0 Å². The van der Waals surface area contributed by atoms with Crippen LogP contribution >= 0.6 is 7.82 Å². The van der Waals surface area contributed by atoms with Gasteiger partial charge < -0.3 is 19.8 Å². The van der Waals surface area contributed by atoms with Crippen molar-refractivity contribution in [2.45, 2.75) is 283 Å². The van der Waals surface area contributed by atoms with Crippen LogP contribution < -0.4 is 5.32 Å². The Morgan fingerprint density at radius 1 is 0.500 bits per heavy atom. The van der Waals surface area contributed by atoms with Gasteiger partial charge in [0.05, 0.1) is 39.9 Å². The van der Waals surface area contributed by atoms with Crippen LogP contribution in [-0.4, -0.2) is 73.4 Å². The Morgan fingerprint density at radius 2 is 0.857 bits per heavy atom. The van der Waals surface area contributed by atoms with Gasteiger partial charge in [0.25, 0.3) is 0 Å². The second kappa shape index (κ2) is 52.1. The van der Waals surface area contributed by atoms with E-state index < -0.39 is 20.0 Å². The number of phosphoric ester groups is 1. The molecule has 0 aliphatic rings. The molecule has 8 nitrogen and oxygen atoms in total. The van der Waals surface area contributed by atoms with E-state index in [4.69, 9.17) is 9.05 Å². The Bertz CT molecular complexity index is 1320. The second-order valence-electron chi connectivity index (χ2n) is 21.3. The maximum absolute atomic E-state index is 13.0. The van der Waals surface area contributed by atoms with Crippen LogP contribution in [0.5, 0.6) is 0 Å². The first-order valence-electron chi connectivity index (χ1n) is 29.7. The van der Waals surface area contributed by atoms with E-state index in [1.807, 2.05) is 21.1 Å². The van der Waals surface area contributed by atoms with Crippen LogP contribution in [-0.2, 0) is 18.4 Å². The standard InChI is InChI=1S/C61H115N2O6P/c1-6-8-10-12-14-16-18-19-20-21-22-23-24-25-26-27-28-29-30-31-32-33-34-35-36-37-38-39-40-41-42-43-45-47-49-51-53-55-61(65)62-59(58-69-70(66,67)68-57-56-63(3,4)5)60(64)54-52-50-48-46-44-17-15-13-11-9-7-2/h8,10,14,16,19-20,22-23,25-26,59-60,64H,6-7,9,11-13,15,17-18,21,24,27-58H2,1-5H3,(H-,62,65,66,67)/p+1/b10-8-,16-14-,20-19-,23-22-,26-25-. The summed E-state index contributed by atoms with van der Waals surface area (Å²) in [6.07, 6.45) is 70.2. The number of carbonyl (C=O) groups excluding carboxylic acids is 1. The summed E-state index contributed by atoms with van der Waals surface area (Å²) < 4.78 is 23.7. The van der Waals surface area contributed by atoms with E-state index in [2.05, 4.69) is 79.9 Å². The molecule has 3 N–H and O–H groups in total. The van der Waals surface area contributed by atoms with Crippen LogP contribution in [0, 0.1) is 0 Å². The van der Waals surface area contributed by atoms with Crippen LogP contribution in [0.25, 0.3) is 0 Å². The van der Waals surface area contributed by atoms with Crippen LogP contribution in [0.3, 0.4) is 0 Å². The predicted octanol–water partition coefficient (Wildman–Crippen LogP) is 18.1. The lowest BCUT2D eigenvalue weighted by atomic mass is 10.0. The van der Waals surface area contributed by atoms with Gasteiger partial charge >= 0.3 is 7.82 Å². The summed E-state index contributed by atoms with van der Waals surface area (Å²) in [6.45, 7) is 4.78. The highest BCUT2D eigenvalue weighted by atomic mass is 31.2. The molecule has 0 fully saturated rings. The molecule has 0 aromatic rings. The van der Waals surface area contributed by atoms with Crippen molar-refractivity contribution < 1.29 is 32.9 Å². The number of quaternary nitrogens is 1. The summed E-state index contributed by atoms with van der Waals surface area (Å²) in [5, 5.41) is 14.0. The molecule has 9 heteroatoms. The molecular formula is C61H116N2O6P+. The Balaban J connectivity index is 3.89. The number of amides is 1. The van der Waals surface area contributed by atoms with Gasteiger partial charge in [0.2, 0.25) is 5.91 Å². The van der Waals surface area contributed by atoms with E-state index in [0.29, 0.717) is 23.9 Å². The Labute approximate surface area is 434 Å². The van der Waals surface area contributed by atoms with Crippen molar-refractivity contribution in [2.24, 2.45) is 0 Å². The normalized spacial score (nSPS) is 14.3. The maximum Gasteiger partial charge on any atom is 0.472 e. The molecule has 3 atom stereocenters. The summed E-state index contributed by atoms with van der Waals surface area (Å²) >= 11 is 0. The van der Waals surface area contributed by atoms with Crippen LogP contribution in [0.15, 0.2) is 60.8 Å². The Hall–Kier alpha value is -1.80. The molecule has 0 saturated heterocycles. The minimum Gasteiger partial charge on any atom is -0.391 e. The third kappa shape index (κ3) is 54.0. The van der Waals surface area contributed by atoms with E-state index in [0.717, 1.165) is 70.6 Å². The first-order valence-corrected chi connectivity index (χ1v) is 31.1. The lowest BCUT2D eigenvalue weighted by molar-refractivity contribution is -0.870. The van der Waals surface area contributed by atoms with E-state index >= 15 is 0 Å². The van der Waals surface area contributed by atoms with Crippen LogP contribution in [0.2, 0.25) is 0 Å². The maximum atomic E-state index is 13.0. The molecule has 0 saturated carbocycles. The largest absolute Gasteiger partial charge is 0.472 e. The molecule has 0 aliphatic heterocycles. The van der Waals surface area contributed by atoms with Gasteiger partial charge in [0, 0.05) is 6.42 Å². The fourth-order valence-electron chi connectivity index (χ4n) is 8.66. The molecule has 0 heterocycles. The zero-order valence-electron chi connectivity index (χ0n) is 46.8. The smallest absolute Gasteiger partial charge is 0.391 e. The van der Waals surface area contributed by atoms with Crippen molar-refractivity contribution in [1.29, 1.82) is 0 Å². The van der Waals surface area contributed by atoms with E-state index in [1.165, 1.54) is 173 Å². The fraction of sp³-hybridized carbons (Fsp3) is 0.820. The molecule has 0 aromatic carbocycles.